The van der Waals surface area contributed by atoms with E-state index in [2.05, 4.69) is 5.32 Å². The molecule has 0 saturated carbocycles. The van der Waals surface area contributed by atoms with Crippen LogP contribution in [0.5, 0.6) is 0 Å². The monoisotopic (exact) mass is 167 g/mol. The molecule has 1 heterocycles. The van der Waals surface area contributed by atoms with Gasteiger partial charge in [0.2, 0.25) is 0 Å². The zero-order valence-electron chi connectivity index (χ0n) is 6.57. The highest BCUT2D eigenvalue weighted by molar-refractivity contribution is 5.96. The summed E-state index contributed by atoms with van der Waals surface area (Å²) in [5.41, 5.74) is 0.493. The van der Waals surface area contributed by atoms with Crippen molar-refractivity contribution in [1.82, 2.24) is 5.32 Å². The zero-order valence-corrected chi connectivity index (χ0v) is 6.57. The van der Waals surface area contributed by atoms with Crippen molar-refractivity contribution in [3.63, 3.8) is 0 Å². The number of carbonyl (C=O) groups is 2. The quantitative estimate of drug-likeness (QED) is 0.610. The Balaban J connectivity index is 2.68. The molecule has 0 saturated heterocycles. The third kappa shape index (κ3) is 1.72. The SMILES string of the molecule is CC(=O)C1=CNC(C(=O)O)C=C1. The summed E-state index contributed by atoms with van der Waals surface area (Å²) in [7, 11) is 0. The van der Waals surface area contributed by atoms with E-state index >= 15 is 0 Å². The van der Waals surface area contributed by atoms with E-state index in [0.717, 1.165) is 0 Å². The minimum atomic E-state index is -0.954. The Kier molecular flexibility index (Phi) is 2.28. The molecule has 1 atom stereocenters. The van der Waals surface area contributed by atoms with Crippen LogP contribution < -0.4 is 5.32 Å². The van der Waals surface area contributed by atoms with Crippen molar-refractivity contribution in [3.8, 4) is 0 Å². The highest BCUT2D eigenvalue weighted by Crippen LogP contribution is 2.04. The van der Waals surface area contributed by atoms with Gasteiger partial charge in [0.1, 0.15) is 6.04 Å². The van der Waals surface area contributed by atoms with E-state index < -0.39 is 12.0 Å². The Morgan fingerprint density at radius 2 is 2.25 bits per heavy atom. The third-order valence-corrected chi connectivity index (χ3v) is 1.56. The number of allylic oxidation sites excluding steroid dienone is 2. The average molecular weight is 167 g/mol. The highest BCUT2D eigenvalue weighted by atomic mass is 16.4. The van der Waals surface area contributed by atoms with Crippen molar-refractivity contribution >= 4 is 11.8 Å². The van der Waals surface area contributed by atoms with E-state index in [0.29, 0.717) is 5.57 Å². The lowest BCUT2D eigenvalue weighted by atomic mass is 10.1. The number of carboxylic acid groups (broad SMARTS) is 1. The predicted molar refractivity (Wildman–Crippen MR) is 42.5 cm³/mol. The molecular formula is C8H9NO3. The lowest BCUT2D eigenvalue weighted by Crippen LogP contribution is -2.33. The first-order chi connectivity index (χ1) is 5.61. The largest absolute Gasteiger partial charge is 0.479 e. The molecule has 2 N–H and O–H groups in total. The standard InChI is InChI=1S/C8H9NO3/c1-5(10)6-2-3-7(8(11)12)9-4-6/h2-4,7,9H,1H3,(H,11,12). The van der Waals surface area contributed by atoms with E-state index in [1.807, 2.05) is 0 Å². The van der Waals surface area contributed by atoms with E-state index in [1.54, 1.807) is 0 Å². The molecule has 4 nitrogen and oxygen atoms in total. The molecule has 0 aliphatic carbocycles. The molecule has 0 aromatic heterocycles. The minimum absolute atomic E-state index is 0.0809. The van der Waals surface area contributed by atoms with Gasteiger partial charge in [-0.05, 0) is 6.92 Å². The molecule has 0 aromatic carbocycles. The van der Waals surface area contributed by atoms with Gasteiger partial charge in [-0.25, -0.2) is 4.79 Å². The average Bonchev–Trinajstić information content (AvgIpc) is 2.04. The molecule has 1 unspecified atom stereocenters. The van der Waals surface area contributed by atoms with E-state index in [1.165, 1.54) is 25.3 Å². The van der Waals surface area contributed by atoms with Crippen LogP contribution in [-0.2, 0) is 9.59 Å². The number of nitrogens with one attached hydrogen (secondary N) is 1. The molecule has 4 heteroatoms. The number of Topliss-reactive ketones (excluding diaryl/α,β-unsaturated/α-hetero) is 1. The lowest BCUT2D eigenvalue weighted by Gasteiger charge is -2.12. The van der Waals surface area contributed by atoms with E-state index in [9.17, 15) is 9.59 Å². The van der Waals surface area contributed by atoms with Crippen LogP contribution in [0.3, 0.4) is 0 Å². The first-order valence-electron chi connectivity index (χ1n) is 3.49. The van der Waals surface area contributed by atoms with Gasteiger partial charge < -0.3 is 10.4 Å². The van der Waals surface area contributed by atoms with Gasteiger partial charge in [-0.3, -0.25) is 4.79 Å². The molecular weight excluding hydrogens is 158 g/mol. The lowest BCUT2D eigenvalue weighted by molar-refractivity contribution is -0.138. The van der Waals surface area contributed by atoms with Crippen LogP contribution in [0, 0.1) is 0 Å². The fraction of sp³-hybridized carbons (Fsp3) is 0.250. The third-order valence-electron chi connectivity index (χ3n) is 1.56. The summed E-state index contributed by atoms with van der Waals surface area (Å²) >= 11 is 0. The van der Waals surface area contributed by atoms with Gasteiger partial charge in [0.05, 0.1) is 0 Å². The molecule has 0 amide bonds. The second-order valence-electron chi connectivity index (χ2n) is 2.50. The number of carbonyl (C=O) groups excluding carboxylic acids is 1. The normalized spacial score (nSPS) is 21.1. The second-order valence-corrected chi connectivity index (χ2v) is 2.50. The number of carboxylic acids is 1. The molecule has 1 rings (SSSR count). The summed E-state index contributed by atoms with van der Waals surface area (Å²) in [6.07, 6.45) is 4.37. The molecule has 1 aliphatic heterocycles. The summed E-state index contributed by atoms with van der Waals surface area (Å²) < 4.78 is 0. The maximum atomic E-state index is 10.8. The molecule has 64 valence electrons. The smallest absolute Gasteiger partial charge is 0.330 e. The Bertz CT molecular complexity index is 278. The fourth-order valence-electron chi connectivity index (χ4n) is 0.856. The summed E-state index contributed by atoms with van der Waals surface area (Å²) in [4.78, 5) is 21.2. The van der Waals surface area contributed by atoms with Crippen LogP contribution in [0.2, 0.25) is 0 Å². The predicted octanol–water partition coefficient (Wildman–Crippen LogP) is 0.0719. The first-order valence-corrected chi connectivity index (χ1v) is 3.49. The summed E-state index contributed by atoms with van der Waals surface area (Å²) in [5, 5.41) is 11.1. The van der Waals surface area contributed by atoms with Gasteiger partial charge >= 0.3 is 5.97 Å². The Labute approximate surface area is 69.6 Å². The number of hydrogen-bond donors (Lipinski definition) is 2. The van der Waals surface area contributed by atoms with Crippen molar-refractivity contribution in [2.45, 2.75) is 13.0 Å². The molecule has 0 fully saturated rings. The van der Waals surface area contributed by atoms with Gasteiger partial charge in [-0.1, -0.05) is 12.2 Å². The number of aliphatic carboxylic acids is 1. The molecule has 12 heavy (non-hydrogen) atoms. The van der Waals surface area contributed by atoms with Gasteiger partial charge in [-0.2, -0.15) is 0 Å². The molecule has 0 radical (unpaired) electrons. The van der Waals surface area contributed by atoms with Crippen molar-refractivity contribution in [1.29, 1.82) is 0 Å². The second kappa shape index (κ2) is 3.21. The summed E-state index contributed by atoms with van der Waals surface area (Å²) in [6.45, 7) is 1.43. The van der Waals surface area contributed by atoms with Crippen LogP contribution >= 0.6 is 0 Å². The highest BCUT2D eigenvalue weighted by Gasteiger charge is 2.15. The van der Waals surface area contributed by atoms with Crippen LogP contribution in [0.15, 0.2) is 23.9 Å². The number of hydrogen-bond acceptors (Lipinski definition) is 3. The fourth-order valence-corrected chi connectivity index (χ4v) is 0.856. The Hall–Kier alpha value is -1.58. The maximum Gasteiger partial charge on any atom is 0.330 e. The van der Waals surface area contributed by atoms with Crippen LogP contribution in [0.25, 0.3) is 0 Å². The molecule has 0 aromatic rings. The first kappa shape index (κ1) is 8.52. The van der Waals surface area contributed by atoms with Crippen molar-refractivity contribution in [3.05, 3.63) is 23.9 Å². The Morgan fingerprint density at radius 1 is 1.58 bits per heavy atom. The Morgan fingerprint density at radius 3 is 2.58 bits per heavy atom. The van der Waals surface area contributed by atoms with Gasteiger partial charge in [0, 0.05) is 11.8 Å². The van der Waals surface area contributed by atoms with Gasteiger partial charge in [-0.15, -0.1) is 0 Å². The van der Waals surface area contributed by atoms with E-state index in [-0.39, 0.29) is 5.78 Å². The van der Waals surface area contributed by atoms with Gasteiger partial charge in [0.25, 0.3) is 0 Å². The number of dihydropyridines is 1. The zero-order chi connectivity index (χ0) is 9.14. The van der Waals surface area contributed by atoms with Crippen LogP contribution in [0.4, 0.5) is 0 Å². The van der Waals surface area contributed by atoms with Crippen molar-refractivity contribution in [2.75, 3.05) is 0 Å². The topological polar surface area (TPSA) is 66.4 Å². The summed E-state index contributed by atoms with van der Waals surface area (Å²) in [6, 6.07) is -0.715. The van der Waals surface area contributed by atoms with Crippen LogP contribution in [-0.4, -0.2) is 22.9 Å². The van der Waals surface area contributed by atoms with Crippen LogP contribution in [0.1, 0.15) is 6.92 Å². The molecule has 0 spiro atoms. The molecule has 0 bridgehead atoms. The number of rotatable bonds is 2. The van der Waals surface area contributed by atoms with Crippen molar-refractivity contribution < 1.29 is 14.7 Å². The van der Waals surface area contributed by atoms with Crippen molar-refractivity contribution in [2.24, 2.45) is 0 Å². The molecule has 1 aliphatic rings. The summed E-state index contributed by atoms with van der Waals surface area (Å²) in [5.74, 6) is -1.03. The minimum Gasteiger partial charge on any atom is -0.479 e. The maximum absolute atomic E-state index is 10.8. The van der Waals surface area contributed by atoms with E-state index in [4.69, 9.17) is 5.11 Å². The van der Waals surface area contributed by atoms with Gasteiger partial charge in [0.15, 0.2) is 5.78 Å². The number of ketones is 1.